The van der Waals surface area contributed by atoms with Crippen molar-refractivity contribution in [2.75, 3.05) is 33.3 Å². The van der Waals surface area contributed by atoms with E-state index in [-0.39, 0.29) is 0 Å². The second-order valence-corrected chi connectivity index (χ2v) is 4.67. The number of nitrogens with zero attached hydrogens (tertiary/aromatic N) is 1. The Balaban J connectivity index is 3.68. The lowest BCUT2D eigenvalue weighted by Crippen LogP contribution is -2.41. The molecule has 0 spiro atoms. The van der Waals surface area contributed by atoms with Gasteiger partial charge in [-0.3, -0.25) is 4.90 Å². The Labute approximate surface area is 102 Å². The van der Waals surface area contributed by atoms with Gasteiger partial charge in [-0.2, -0.15) is 0 Å². The number of nitrogens with one attached hydrogen (secondary N) is 1. The molecule has 0 fully saturated rings. The summed E-state index contributed by atoms with van der Waals surface area (Å²) in [5, 5.41) is 3.48. The topological polar surface area (TPSA) is 24.5 Å². The summed E-state index contributed by atoms with van der Waals surface area (Å²) in [4.78, 5) is 2.39. The maximum Gasteiger partial charge on any atom is 0.0596 e. The number of rotatable bonds is 10. The molecule has 0 aromatic heterocycles. The van der Waals surface area contributed by atoms with Crippen LogP contribution in [0.2, 0.25) is 0 Å². The lowest BCUT2D eigenvalue weighted by molar-refractivity contribution is 0.0553. The van der Waals surface area contributed by atoms with E-state index in [2.05, 4.69) is 45.0 Å². The van der Waals surface area contributed by atoms with Crippen molar-refractivity contribution in [1.82, 2.24) is 10.2 Å². The molecule has 0 amide bonds. The molecule has 0 aliphatic carbocycles. The van der Waals surface area contributed by atoms with Crippen LogP contribution in [0.25, 0.3) is 0 Å². The molecule has 0 aliphatic heterocycles. The van der Waals surface area contributed by atoms with E-state index in [0.29, 0.717) is 12.1 Å². The van der Waals surface area contributed by atoms with E-state index in [0.717, 1.165) is 26.2 Å². The summed E-state index contributed by atoms with van der Waals surface area (Å²) in [6.45, 7) is 12.7. The molecular weight excluding hydrogens is 200 g/mol. The van der Waals surface area contributed by atoms with Crippen molar-refractivity contribution in [1.29, 1.82) is 0 Å². The standard InChI is InChI=1S/C13H30N2O/c1-6-8-14-11-13(7-2)15(5)9-10-16-12(3)4/h12-14H,6-11H2,1-5H3. The summed E-state index contributed by atoms with van der Waals surface area (Å²) >= 11 is 0. The van der Waals surface area contributed by atoms with Gasteiger partial charge in [0.2, 0.25) is 0 Å². The molecule has 0 aliphatic rings. The third-order valence-electron chi connectivity index (χ3n) is 2.80. The van der Waals surface area contributed by atoms with Gasteiger partial charge >= 0.3 is 0 Å². The van der Waals surface area contributed by atoms with E-state index >= 15 is 0 Å². The smallest absolute Gasteiger partial charge is 0.0596 e. The van der Waals surface area contributed by atoms with E-state index in [9.17, 15) is 0 Å². The first-order chi connectivity index (χ1) is 7.61. The van der Waals surface area contributed by atoms with Gasteiger partial charge in [-0.05, 0) is 40.3 Å². The third kappa shape index (κ3) is 8.08. The minimum Gasteiger partial charge on any atom is -0.377 e. The van der Waals surface area contributed by atoms with E-state index in [1.165, 1.54) is 12.8 Å². The number of likely N-dealkylation sites (N-methyl/N-ethyl adjacent to an activating group) is 1. The highest BCUT2D eigenvalue weighted by molar-refractivity contribution is 4.69. The Morgan fingerprint density at radius 2 is 1.94 bits per heavy atom. The molecule has 16 heavy (non-hydrogen) atoms. The fraction of sp³-hybridized carbons (Fsp3) is 1.00. The average molecular weight is 230 g/mol. The first-order valence-electron chi connectivity index (χ1n) is 6.64. The van der Waals surface area contributed by atoms with Crippen LogP contribution in [0.15, 0.2) is 0 Å². The van der Waals surface area contributed by atoms with Crippen molar-refractivity contribution in [3.8, 4) is 0 Å². The van der Waals surface area contributed by atoms with Crippen molar-refractivity contribution in [2.45, 2.75) is 52.7 Å². The third-order valence-corrected chi connectivity index (χ3v) is 2.80. The minimum atomic E-state index is 0.340. The van der Waals surface area contributed by atoms with E-state index in [4.69, 9.17) is 4.74 Å². The second kappa shape index (κ2) is 10.1. The fourth-order valence-corrected chi connectivity index (χ4v) is 1.67. The monoisotopic (exact) mass is 230 g/mol. The molecule has 1 N–H and O–H groups in total. The number of hydrogen-bond donors (Lipinski definition) is 1. The zero-order valence-corrected chi connectivity index (χ0v) is 11.8. The molecule has 1 unspecified atom stereocenters. The largest absolute Gasteiger partial charge is 0.377 e. The highest BCUT2D eigenvalue weighted by atomic mass is 16.5. The van der Waals surface area contributed by atoms with Gasteiger partial charge in [0.15, 0.2) is 0 Å². The Morgan fingerprint density at radius 1 is 1.25 bits per heavy atom. The Morgan fingerprint density at radius 3 is 2.44 bits per heavy atom. The summed E-state index contributed by atoms with van der Waals surface area (Å²) in [6, 6.07) is 0.627. The highest BCUT2D eigenvalue weighted by Crippen LogP contribution is 2.00. The lowest BCUT2D eigenvalue weighted by atomic mass is 10.2. The van der Waals surface area contributed by atoms with Crippen molar-refractivity contribution in [3.63, 3.8) is 0 Å². The van der Waals surface area contributed by atoms with Crippen molar-refractivity contribution < 1.29 is 4.74 Å². The van der Waals surface area contributed by atoms with Gasteiger partial charge < -0.3 is 10.1 Å². The maximum atomic E-state index is 5.57. The summed E-state index contributed by atoms with van der Waals surface area (Å²) in [5.74, 6) is 0. The fourth-order valence-electron chi connectivity index (χ4n) is 1.67. The first-order valence-corrected chi connectivity index (χ1v) is 6.64. The summed E-state index contributed by atoms with van der Waals surface area (Å²) in [5.41, 5.74) is 0. The van der Waals surface area contributed by atoms with Gasteiger partial charge in [0, 0.05) is 19.1 Å². The van der Waals surface area contributed by atoms with Crippen LogP contribution in [0, 0.1) is 0 Å². The predicted molar refractivity (Wildman–Crippen MR) is 71.0 cm³/mol. The summed E-state index contributed by atoms with van der Waals surface area (Å²) in [7, 11) is 2.19. The van der Waals surface area contributed by atoms with Gasteiger partial charge in [-0.1, -0.05) is 13.8 Å². The number of ether oxygens (including phenoxy) is 1. The van der Waals surface area contributed by atoms with Crippen LogP contribution in [-0.4, -0.2) is 50.3 Å². The van der Waals surface area contributed by atoms with Crippen LogP contribution in [0.1, 0.15) is 40.5 Å². The van der Waals surface area contributed by atoms with Gasteiger partial charge in [0.25, 0.3) is 0 Å². The van der Waals surface area contributed by atoms with Gasteiger partial charge in [-0.25, -0.2) is 0 Å². The zero-order chi connectivity index (χ0) is 12.4. The predicted octanol–water partition coefficient (Wildman–Crippen LogP) is 2.12. The van der Waals surface area contributed by atoms with Crippen LogP contribution < -0.4 is 5.32 Å². The van der Waals surface area contributed by atoms with Gasteiger partial charge in [-0.15, -0.1) is 0 Å². The van der Waals surface area contributed by atoms with E-state index in [1.54, 1.807) is 0 Å². The SMILES string of the molecule is CCCNCC(CC)N(C)CCOC(C)C. The lowest BCUT2D eigenvalue weighted by Gasteiger charge is -2.27. The van der Waals surface area contributed by atoms with Crippen molar-refractivity contribution >= 4 is 0 Å². The molecule has 0 saturated heterocycles. The molecule has 0 aromatic rings. The molecule has 0 bridgehead atoms. The minimum absolute atomic E-state index is 0.340. The molecule has 3 heteroatoms. The van der Waals surface area contributed by atoms with Crippen molar-refractivity contribution in [2.24, 2.45) is 0 Å². The average Bonchev–Trinajstić information content (AvgIpc) is 2.23. The molecule has 1 atom stereocenters. The summed E-state index contributed by atoms with van der Waals surface area (Å²) in [6.07, 6.45) is 2.73. The molecule has 0 radical (unpaired) electrons. The number of hydrogen-bond acceptors (Lipinski definition) is 3. The Bertz CT molecular complexity index is 151. The van der Waals surface area contributed by atoms with Crippen molar-refractivity contribution in [3.05, 3.63) is 0 Å². The van der Waals surface area contributed by atoms with Crippen LogP contribution >= 0.6 is 0 Å². The first kappa shape index (κ1) is 15.9. The molecule has 0 saturated carbocycles. The Hall–Kier alpha value is -0.120. The molecule has 0 heterocycles. The molecule has 0 aromatic carbocycles. The second-order valence-electron chi connectivity index (χ2n) is 4.67. The van der Waals surface area contributed by atoms with E-state index < -0.39 is 0 Å². The molecular formula is C13H30N2O. The molecule has 0 rings (SSSR count). The quantitative estimate of drug-likeness (QED) is 0.582. The normalized spacial score (nSPS) is 13.7. The van der Waals surface area contributed by atoms with Crippen LogP contribution in [-0.2, 0) is 4.74 Å². The molecule has 3 nitrogen and oxygen atoms in total. The van der Waals surface area contributed by atoms with Crippen LogP contribution in [0.3, 0.4) is 0 Å². The van der Waals surface area contributed by atoms with Gasteiger partial charge in [0.05, 0.1) is 12.7 Å². The molecule has 98 valence electrons. The van der Waals surface area contributed by atoms with Crippen LogP contribution in [0.4, 0.5) is 0 Å². The zero-order valence-electron chi connectivity index (χ0n) is 11.8. The summed E-state index contributed by atoms with van der Waals surface area (Å²) < 4.78 is 5.57. The van der Waals surface area contributed by atoms with E-state index in [1.807, 2.05) is 0 Å². The van der Waals surface area contributed by atoms with Gasteiger partial charge in [0.1, 0.15) is 0 Å². The maximum absolute atomic E-state index is 5.57. The highest BCUT2D eigenvalue weighted by Gasteiger charge is 2.11. The van der Waals surface area contributed by atoms with Crippen LogP contribution in [0.5, 0.6) is 0 Å². The Kier molecular flexibility index (Phi) is 9.99.